The van der Waals surface area contributed by atoms with Crippen molar-refractivity contribution in [2.75, 3.05) is 26.9 Å². The van der Waals surface area contributed by atoms with Gasteiger partial charge >= 0.3 is 6.09 Å². The number of cyclic esters (lactones) is 1. The summed E-state index contributed by atoms with van der Waals surface area (Å²) in [5, 5.41) is 4.52. The summed E-state index contributed by atoms with van der Waals surface area (Å²) in [6.45, 7) is 4.06. The zero-order valence-electron chi connectivity index (χ0n) is 13.8. The number of hydrogen-bond donors (Lipinski definition) is 0. The van der Waals surface area contributed by atoms with Crippen LogP contribution < -0.4 is 4.74 Å². The number of carbonyl (C=O) groups is 1. The molecular weight excluding hydrogens is 312 g/mol. The third-order valence-electron chi connectivity index (χ3n) is 3.64. The lowest BCUT2D eigenvalue weighted by molar-refractivity contribution is 0.128. The molecule has 0 unspecified atom stereocenters. The standard InChI is InChI=1S/C16H20N4O4/c1-3-23-11-14-17-15(10-19-8-9-24-16(19)21)20(18-14)12-6-4-5-7-13(12)22-2/h4-7H,3,8-11H2,1-2H3. The van der Waals surface area contributed by atoms with Crippen LogP contribution in [0.4, 0.5) is 4.79 Å². The summed E-state index contributed by atoms with van der Waals surface area (Å²) in [6.07, 6.45) is -0.337. The van der Waals surface area contributed by atoms with Crippen LogP contribution in [0.2, 0.25) is 0 Å². The summed E-state index contributed by atoms with van der Waals surface area (Å²) in [4.78, 5) is 17.8. The first-order valence-corrected chi connectivity index (χ1v) is 7.80. The Labute approximate surface area is 139 Å². The van der Waals surface area contributed by atoms with E-state index in [1.165, 1.54) is 0 Å². The molecule has 0 bridgehead atoms. The van der Waals surface area contributed by atoms with E-state index in [0.29, 0.717) is 50.3 Å². The van der Waals surface area contributed by atoms with Crippen LogP contribution in [-0.4, -0.2) is 52.6 Å². The van der Waals surface area contributed by atoms with E-state index in [1.54, 1.807) is 16.7 Å². The van der Waals surface area contributed by atoms with Gasteiger partial charge in [0.25, 0.3) is 0 Å². The van der Waals surface area contributed by atoms with Crippen molar-refractivity contribution in [2.24, 2.45) is 0 Å². The molecule has 1 aliphatic rings. The average molecular weight is 332 g/mol. The molecule has 1 aromatic heterocycles. The Morgan fingerprint density at radius 2 is 2.17 bits per heavy atom. The number of methoxy groups -OCH3 is 1. The third-order valence-corrected chi connectivity index (χ3v) is 3.64. The summed E-state index contributed by atoms with van der Waals surface area (Å²) in [5.41, 5.74) is 0.762. The maximum absolute atomic E-state index is 11.7. The van der Waals surface area contributed by atoms with Gasteiger partial charge in [0, 0.05) is 6.61 Å². The Morgan fingerprint density at radius 3 is 2.88 bits per heavy atom. The molecule has 8 nitrogen and oxygen atoms in total. The molecule has 1 saturated heterocycles. The first kappa shape index (κ1) is 16.3. The Bertz CT molecular complexity index is 716. The van der Waals surface area contributed by atoms with E-state index in [1.807, 2.05) is 31.2 Å². The van der Waals surface area contributed by atoms with Crippen LogP contribution in [0.25, 0.3) is 5.69 Å². The first-order valence-electron chi connectivity index (χ1n) is 7.80. The molecule has 3 rings (SSSR count). The van der Waals surface area contributed by atoms with Crippen LogP contribution >= 0.6 is 0 Å². The van der Waals surface area contributed by atoms with Gasteiger partial charge in [-0.05, 0) is 19.1 Å². The van der Waals surface area contributed by atoms with Crippen molar-refractivity contribution in [2.45, 2.75) is 20.1 Å². The van der Waals surface area contributed by atoms with Crippen molar-refractivity contribution >= 4 is 6.09 Å². The average Bonchev–Trinajstić information content (AvgIpc) is 3.20. The lowest BCUT2D eigenvalue weighted by atomic mass is 10.3. The number of para-hydroxylation sites is 2. The van der Waals surface area contributed by atoms with Crippen LogP contribution in [-0.2, 0) is 22.6 Å². The van der Waals surface area contributed by atoms with Crippen molar-refractivity contribution in [3.8, 4) is 11.4 Å². The zero-order chi connectivity index (χ0) is 16.9. The van der Waals surface area contributed by atoms with Gasteiger partial charge < -0.3 is 14.2 Å². The number of ether oxygens (including phenoxy) is 3. The van der Waals surface area contributed by atoms with Gasteiger partial charge in [0.1, 0.15) is 24.7 Å². The highest BCUT2D eigenvalue weighted by Crippen LogP contribution is 2.23. The molecule has 1 amide bonds. The number of amides is 1. The molecule has 1 fully saturated rings. The molecule has 0 spiro atoms. The number of carbonyl (C=O) groups excluding carboxylic acids is 1. The normalized spacial score (nSPS) is 14.1. The van der Waals surface area contributed by atoms with E-state index >= 15 is 0 Å². The highest BCUT2D eigenvalue weighted by atomic mass is 16.6. The third kappa shape index (κ3) is 3.33. The molecule has 1 aromatic carbocycles. The molecular formula is C16H20N4O4. The van der Waals surface area contributed by atoms with E-state index in [2.05, 4.69) is 10.1 Å². The Kier molecular flexibility index (Phi) is 4.95. The highest BCUT2D eigenvalue weighted by Gasteiger charge is 2.25. The van der Waals surface area contributed by atoms with Gasteiger partial charge in [0.15, 0.2) is 11.6 Å². The molecule has 8 heteroatoms. The summed E-state index contributed by atoms with van der Waals surface area (Å²) < 4.78 is 17.5. The fourth-order valence-corrected chi connectivity index (χ4v) is 2.49. The summed E-state index contributed by atoms with van der Waals surface area (Å²) in [5.74, 6) is 1.87. The Balaban J connectivity index is 1.95. The molecule has 0 aliphatic carbocycles. The fourth-order valence-electron chi connectivity index (χ4n) is 2.49. The summed E-state index contributed by atoms with van der Waals surface area (Å²) in [6, 6.07) is 7.53. The second kappa shape index (κ2) is 7.31. The van der Waals surface area contributed by atoms with Crippen LogP contribution in [0.1, 0.15) is 18.6 Å². The van der Waals surface area contributed by atoms with Crippen LogP contribution in [0.5, 0.6) is 5.75 Å². The van der Waals surface area contributed by atoms with E-state index in [9.17, 15) is 4.79 Å². The van der Waals surface area contributed by atoms with Crippen LogP contribution in [0.3, 0.4) is 0 Å². The van der Waals surface area contributed by atoms with Crippen molar-refractivity contribution in [3.05, 3.63) is 35.9 Å². The van der Waals surface area contributed by atoms with Gasteiger partial charge in [-0.15, -0.1) is 5.10 Å². The fraction of sp³-hybridized carbons (Fsp3) is 0.438. The molecule has 24 heavy (non-hydrogen) atoms. The lowest BCUT2D eigenvalue weighted by Gasteiger charge is -2.14. The zero-order valence-corrected chi connectivity index (χ0v) is 13.8. The van der Waals surface area contributed by atoms with E-state index in [4.69, 9.17) is 14.2 Å². The van der Waals surface area contributed by atoms with Crippen molar-refractivity contribution < 1.29 is 19.0 Å². The molecule has 0 radical (unpaired) electrons. The van der Waals surface area contributed by atoms with Crippen molar-refractivity contribution in [3.63, 3.8) is 0 Å². The second-order valence-electron chi connectivity index (χ2n) is 5.20. The lowest BCUT2D eigenvalue weighted by Crippen LogP contribution is -2.25. The van der Waals surface area contributed by atoms with Gasteiger partial charge in [0.2, 0.25) is 0 Å². The van der Waals surface area contributed by atoms with Gasteiger partial charge in [-0.3, -0.25) is 4.90 Å². The predicted octanol–water partition coefficient (Wildman–Crippen LogP) is 1.76. The van der Waals surface area contributed by atoms with Crippen LogP contribution in [0.15, 0.2) is 24.3 Å². The quantitative estimate of drug-likeness (QED) is 0.769. The van der Waals surface area contributed by atoms with E-state index < -0.39 is 0 Å². The minimum Gasteiger partial charge on any atom is -0.494 e. The molecule has 0 atom stereocenters. The smallest absolute Gasteiger partial charge is 0.410 e. The summed E-state index contributed by atoms with van der Waals surface area (Å²) in [7, 11) is 1.61. The first-order chi connectivity index (χ1) is 11.7. The molecule has 2 aromatic rings. The SMILES string of the molecule is CCOCc1nc(CN2CCOC2=O)n(-c2ccccc2OC)n1. The molecule has 2 heterocycles. The Morgan fingerprint density at radius 1 is 1.33 bits per heavy atom. The topological polar surface area (TPSA) is 78.7 Å². The van der Waals surface area contributed by atoms with E-state index in [-0.39, 0.29) is 6.09 Å². The Hall–Kier alpha value is -2.61. The minimum absolute atomic E-state index is 0.315. The number of benzene rings is 1. The predicted molar refractivity (Wildman–Crippen MR) is 85.0 cm³/mol. The summed E-state index contributed by atoms with van der Waals surface area (Å²) >= 11 is 0. The number of hydrogen-bond acceptors (Lipinski definition) is 6. The van der Waals surface area contributed by atoms with Crippen molar-refractivity contribution in [1.82, 2.24) is 19.7 Å². The highest BCUT2D eigenvalue weighted by molar-refractivity contribution is 5.69. The molecule has 0 N–H and O–H groups in total. The molecule has 1 aliphatic heterocycles. The maximum atomic E-state index is 11.7. The largest absolute Gasteiger partial charge is 0.494 e. The van der Waals surface area contributed by atoms with Gasteiger partial charge in [-0.25, -0.2) is 14.5 Å². The molecule has 0 saturated carbocycles. The number of aromatic nitrogens is 3. The van der Waals surface area contributed by atoms with E-state index in [0.717, 1.165) is 5.69 Å². The maximum Gasteiger partial charge on any atom is 0.410 e. The van der Waals surface area contributed by atoms with Crippen molar-refractivity contribution in [1.29, 1.82) is 0 Å². The second-order valence-corrected chi connectivity index (χ2v) is 5.20. The minimum atomic E-state index is -0.337. The number of rotatable bonds is 7. The van der Waals surface area contributed by atoms with Gasteiger partial charge in [-0.2, -0.15) is 0 Å². The molecule has 128 valence electrons. The van der Waals surface area contributed by atoms with Crippen LogP contribution in [0, 0.1) is 0 Å². The number of nitrogens with zero attached hydrogens (tertiary/aromatic N) is 4. The van der Waals surface area contributed by atoms with Gasteiger partial charge in [-0.1, -0.05) is 12.1 Å². The van der Waals surface area contributed by atoms with Gasteiger partial charge in [0.05, 0.1) is 20.2 Å². The monoisotopic (exact) mass is 332 g/mol.